The van der Waals surface area contributed by atoms with Crippen molar-refractivity contribution < 1.29 is 9.84 Å². The summed E-state index contributed by atoms with van der Waals surface area (Å²) in [6.45, 7) is 3.95. The Labute approximate surface area is 89.4 Å². The first-order valence-electron chi connectivity index (χ1n) is 5.06. The minimum absolute atomic E-state index is 0.173. The lowest BCUT2D eigenvalue weighted by molar-refractivity contribution is 0.0436. The second kappa shape index (κ2) is 3.66. The Morgan fingerprint density at radius 1 is 1.33 bits per heavy atom. The van der Waals surface area contributed by atoms with E-state index in [2.05, 4.69) is 4.99 Å². The minimum atomic E-state index is -0.823. The summed E-state index contributed by atoms with van der Waals surface area (Å²) in [7, 11) is 0. The molecule has 3 nitrogen and oxygen atoms in total. The van der Waals surface area contributed by atoms with Crippen molar-refractivity contribution in [2.24, 2.45) is 4.99 Å². The molecule has 0 amide bonds. The summed E-state index contributed by atoms with van der Waals surface area (Å²) < 4.78 is 5.47. The average molecular weight is 205 g/mol. The molecule has 1 aliphatic rings. The van der Waals surface area contributed by atoms with Gasteiger partial charge in [0.2, 0.25) is 5.90 Å². The third-order valence-electron chi connectivity index (χ3n) is 2.49. The molecule has 1 heterocycles. The summed E-state index contributed by atoms with van der Waals surface area (Å²) in [5, 5.41) is 9.80. The predicted molar refractivity (Wildman–Crippen MR) is 59.0 cm³/mol. The third kappa shape index (κ3) is 2.18. The number of hydrogen-bond donors (Lipinski definition) is 1. The van der Waals surface area contributed by atoms with Crippen LogP contribution in [0, 0.1) is 0 Å². The van der Waals surface area contributed by atoms with Gasteiger partial charge in [-0.25, -0.2) is 4.99 Å². The molecule has 1 atom stereocenters. The molecule has 0 spiro atoms. The van der Waals surface area contributed by atoms with E-state index in [-0.39, 0.29) is 6.04 Å². The van der Waals surface area contributed by atoms with Crippen LogP contribution in [0.15, 0.2) is 35.3 Å². The molecule has 0 bridgehead atoms. The van der Waals surface area contributed by atoms with E-state index in [9.17, 15) is 5.11 Å². The van der Waals surface area contributed by atoms with Crippen molar-refractivity contribution in [3.63, 3.8) is 0 Å². The van der Waals surface area contributed by atoms with E-state index < -0.39 is 5.60 Å². The van der Waals surface area contributed by atoms with Crippen LogP contribution in [0.2, 0.25) is 0 Å². The van der Waals surface area contributed by atoms with Gasteiger partial charge in [-0.3, -0.25) is 0 Å². The van der Waals surface area contributed by atoms with E-state index >= 15 is 0 Å². The van der Waals surface area contributed by atoms with Gasteiger partial charge in [0.05, 0.1) is 5.60 Å². The van der Waals surface area contributed by atoms with Crippen molar-refractivity contribution in [2.75, 3.05) is 6.61 Å². The van der Waals surface area contributed by atoms with Gasteiger partial charge < -0.3 is 9.84 Å². The highest BCUT2D eigenvalue weighted by molar-refractivity contribution is 5.95. The molecule has 0 saturated heterocycles. The molecular formula is C12H15NO2. The zero-order chi connectivity index (χ0) is 10.9. The van der Waals surface area contributed by atoms with Crippen molar-refractivity contribution >= 4 is 5.90 Å². The number of ether oxygens (including phenoxy) is 1. The standard InChI is InChI=1S/C12H15NO2/c1-12(2,14)10-8-15-11(13-10)9-6-4-3-5-7-9/h3-7,10,14H,8H2,1-2H3/t10-/m0/s1. The topological polar surface area (TPSA) is 41.8 Å². The summed E-state index contributed by atoms with van der Waals surface area (Å²) in [4.78, 5) is 4.37. The summed E-state index contributed by atoms with van der Waals surface area (Å²) >= 11 is 0. The highest BCUT2D eigenvalue weighted by atomic mass is 16.5. The zero-order valence-corrected chi connectivity index (χ0v) is 8.97. The quantitative estimate of drug-likeness (QED) is 0.796. The number of nitrogens with zero attached hydrogens (tertiary/aromatic N) is 1. The van der Waals surface area contributed by atoms with Gasteiger partial charge in [0.1, 0.15) is 12.6 Å². The van der Waals surface area contributed by atoms with Crippen molar-refractivity contribution in [1.29, 1.82) is 0 Å². The molecule has 0 fully saturated rings. The second-order valence-electron chi connectivity index (χ2n) is 4.28. The maximum Gasteiger partial charge on any atom is 0.216 e. The highest BCUT2D eigenvalue weighted by Crippen LogP contribution is 2.20. The van der Waals surface area contributed by atoms with Gasteiger partial charge in [-0.1, -0.05) is 18.2 Å². The Hall–Kier alpha value is -1.35. The van der Waals surface area contributed by atoms with Crippen molar-refractivity contribution in [2.45, 2.75) is 25.5 Å². The third-order valence-corrected chi connectivity index (χ3v) is 2.49. The molecule has 2 rings (SSSR count). The summed E-state index contributed by atoms with van der Waals surface area (Å²) in [5.74, 6) is 0.628. The number of aliphatic hydroxyl groups is 1. The van der Waals surface area contributed by atoms with Crippen LogP contribution in [0.3, 0.4) is 0 Å². The first-order chi connectivity index (χ1) is 7.07. The lowest BCUT2D eigenvalue weighted by Crippen LogP contribution is -2.35. The van der Waals surface area contributed by atoms with E-state index in [1.54, 1.807) is 13.8 Å². The van der Waals surface area contributed by atoms with Gasteiger partial charge >= 0.3 is 0 Å². The molecule has 15 heavy (non-hydrogen) atoms. The largest absolute Gasteiger partial charge is 0.475 e. The van der Waals surface area contributed by atoms with Gasteiger partial charge in [0.25, 0.3) is 0 Å². The summed E-state index contributed by atoms with van der Waals surface area (Å²) in [5.41, 5.74) is 0.139. The lowest BCUT2D eigenvalue weighted by atomic mass is 10.0. The second-order valence-corrected chi connectivity index (χ2v) is 4.28. The molecule has 80 valence electrons. The molecule has 1 aliphatic heterocycles. The van der Waals surface area contributed by atoms with E-state index in [1.165, 1.54) is 0 Å². The van der Waals surface area contributed by atoms with Gasteiger partial charge in [-0.05, 0) is 26.0 Å². The number of hydrogen-bond acceptors (Lipinski definition) is 3. The Bertz CT molecular complexity index is 365. The van der Waals surface area contributed by atoms with Crippen LogP contribution in [0.4, 0.5) is 0 Å². The molecular weight excluding hydrogens is 190 g/mol. The van der Waals surface area contributed by atoms with Crippen molar-refractivity contribution in [1.82, 2.24) is 0 Å². The number of rotatable bonds is 2. The molecule has 0 saturated carbocycles. The Balaban J connectivity index is 2.21. The fourth-order valence-electron chi connectivity index (χ4n) is 1.47. The normalized spacial score (nSPS) is 21.0. The lowest BCUT2D eigenvalue weighted by Gasteiger charge is -2.20. The Morgan fingerprint density at radius 2 is 2.00 bits per heavy atom. The molecule has 1 aromatic rings. The van der Waals surface area contributed by atoms with Crippen LogP contribution >= 0.6 is 0 Å². The fraction of sp³-hybridized carbons (Fsp3) is 0.417. The molecule has 0 radical (unpaired) electrons. The van der Waals surface area contributed by atoms with Crippen molar-refractivity contribution in [3.05, 3.63) is 35.9 Å². The van der Waals surface area contributed by atoms with E-state index in [0.717, 1.165) is 5.56 Å². The molecule has 0 aromatic heterocycles. The zero-order valence-electron chi connectivity index (χ0n) is 8.97. The molecule has 0 aliphatic carbocycles. The van der Waals surface area contributed by atoms with Crippen LogP contribution in [-0.4, -0.2) is 29.3 Å². The summed E-state index contributed by atoms with van der Waals surface area (Å²) in [6, 6.07) is 9.56. The van der Waals surface area contributed by atoms with Crippen LogP contribution in [-0.2, 0) is 4.74 Å². The highest BCUT2D eigenvalue weighted by Gasteiger charge is 2.32. The maximum atomic E-state index is 9.80. The van der Waals surface area contributed by atoms with Gasteiger partial charge in [0, 0.05) is 5.56 Å². The predicted octanol–water partition coefficient (Wildman–Crippen LogP) is 1.60. The van der Waals surface area contributed by atoms with Crippen molar-refractivity contribution in [3.8, 4) is 0 Å². The maximum absolute atomic E-state index is 9.80. The van der Waals surface area contributed by atoms with E-state index in [0.29, 0.717) is 12.5 Å². The monoisotopic (exact) mass is 205 g/mol. The minimum Gasteiger partial charge on any atom is -0.475 e. The van der Waals surface area contributed by atoms with E-state index in [4.69, 9.17) is 4.74 Å². The fourth-order valence-corrected chi connectivity index (χ4v) is 1.47. The molecule has 0 unspecified atom stereocenters. The van der Waals surface area contributed by atoms with Gasteiger partial charge in [-0.15, -0.1) is 0 Å². The van der Waals surface area contributed by atoms with Crippen LogP contribution in [0.1, 0.15) is 19.4 Å². The van der Waals surface area contributed by atoms with Gasteiger partial charge in [0.15, 0.2) is 0 Å². The number of benzene rings is 1. The molecule has 1 N–H and O–H groups in total. The van der Waals surface area contributed by atoms with Crippen LogP contribution < -0.4 is 0 Å². The van der Waals surface area contributed by atoms with Crippen LogP contribution in [0.25, 0.3) is 0 Å². The van der Waals surface area contributed by atoms with Gasteiger partial charge in [-0.2, -0.15) is 0 Å². The molecule has 3 heteroatoms. The summed E-state index contributed by atoms with van der Waals surface area (Å²) in [6.07, 6.45) is 0. The van der Waals surface area contributed by atoms with E-state index in [1.807, 2.05) is 30.3 Å². The molecule has 1 aromatic carbocycles. The number of aliphatic imine (C=N–C) groups is 1. The Kier molecular flexibility index (Phi) is 2.49. The SMILES string of the molecule is CC(C)(O)[C@@H]1COC(c2ccccc2)=N1. The Morgan fingerprint density at radius 3 is 2.53 bits per heavy atom. The first kappa shape index (κ1) is 10.2. The first-order valence-corrected chi connectivity index (χ1v) is 5.06. The smallest absolute Gasteiger partial charge is 0.216 e. The average Bonchev–Trinajstić information content (AvgIpc) is 2.67. The van der Waals surface area contributed by atoms with Crippen LogP contribution in [0.5, 0.6) is 0 Å².